The number of hydrogen-bond donors (Lipinski definition) is 2. The number of hydrogen-bond acceptors (Lipinski definition) is 6. The van der Waals surface area contributed by atoms with Gasteiger partial charge in [-0.05, 0) is 44.5 Å². The van der Waals surface area contributed by atoms with Crippen LogP contribution in [0.2, 0.25) is 0 Å². The summed E-state index contributed by atoms with van der Waals surface area (Å²) in [6.45, 7) is 1.14. The molecule has 1 heterocycles. The molecular formula is C19H26ClF3N2O5. The average molecular weight is 455 g/mol. The SMILES string of the molecule is CCOC(=O)COc1ccc(OCC(F)(F)F)cc1C(=O)NCC1CCCCN1.Cl. The Morgan fingerprint density at radius 3 is 2.63 bits per heavy atom. The van der Waals surface area contributed by atoms with Crippen LogP contribution in [0.3, 0.4) is 0 Å². The molecule has 0 spiro atoms. The summed E-state index contributed by atoms with van der Waals surface area (Å²) in [5.41, 5.74) is -0.0233. The third kappa shape index (κ3) is 9.08. The van der Waals surface area contributed by atoms with Gasteiger partial charge in [-0.25, -0.2) is 4.79 Å². The Labute approximate surface area is 179 Å². The van der Waals surface area contributed by atoms with Crippen LogP contribution in [-0.2, 0) is 9.53 Å². The number of benzene rings is 1. The van der Waals surface area contributed by atoms with Crippen LogP contribution < -0.4 is 20.1 Å². The van der Waals surface area contributed by atoms with Crippen LogP contribution in [-0.4, -0.2) is 57.0 Å². The van der Waals surface area contributed by atoms with Crippen LogP contribution in [0, 0.1) is 0 Å². The second-order valence-electron chi connectivity index (χ2n) is 6.51. The monoisotopic (exact) mass is 454 g/mol. The molecule has 0 saturated carbocycles. The van der Waals surface area contributed by atoms with E-state index in [9.17, 15) is 22.8 Å². The second kappa shape index (κ2) is 12.5. The highest BCUT2D eigenvalue weighted by Gasteiger charge is 2.28. The summed E-state index contributed by atoms with van der Waals surface area (Å²) < 4.78 is 52.0. The highest BCUT2D eigenvalue weighted by atomic mass is 35.5. The molecule has 30 heavy (non-hydrogen) atoms. The van der Waals surface area contributed by atoms with E-state index in [2.05, 4.69) is 10.6 Å². The van der Waals surface area contributed by atoms with Crippen LogP contribution in [0.1, 0.15) is 36.5 Å². The summed E-state index contributed by atoms with van der Waals surface area (Å²) in [7, 11) is 0. The Balaban J connectivity index is 0.00000450. The average Bonchev–Trinajstić information content (AvgIpc) is 2.69. The summed E-state index contributed by atoms with van der Waals surface area (Å²) in [6, 6.07) is 3.82. The third-order valence-electron chi connectivity index (χ3n) is 4.17. The lowest BCUT2D eigenvalue weighted by molar-refractivity contribution is -0.153. The largest absolute Gasteiger partial charge is 0.484 e. The minimum Gasteiger partial charge on any atom is -0.484 e. The van der Waals surface area contributed by atoms with E-state index in [0.29, 0.717) is 6.54 Å². The van der Waals surface area contributed by atoms with Crippen molar-refractivity contribution < 1.29 is 37.0 Å². The summed E-state index contributed by atoms with van der Waals surface area (Å²) in [4.78, 5) is 24.1. The number of amides is 1. The molecule has 1 amide bonds. The molecule has 2 N–H and O–H groups in total. The molecule has 7 nitrogen and oxygen atoms in total. The standard InChI is InChI=1S/C19H25F3N2O5.ClH/c1-2-27-17(25)11-28-16-7-6-14(29-12-19(20,21)22)9-15(16)18(26)24-10-13-5-3-4-8-23-13;/h6-7,9,13,23H,2-5,8,10-12H2,1H3,(H,24,26);1H. The number of alkyl halides is 3. The molecule has 2 rings (SSSR count). The Morgan fingerprint density at radius 2 is 2.00 bits per heavy atom. The maximum atomic E-state index is 12.6. The van der Waals surface area contributed by atoms with Crippen LogP contribution >= 0.6 is 12.4 Å². The Hall–Kier alpha value is -2.20. The molecule has 1 unspecified atom stereocenters. The number of ether oxygens (including phenoxy) is 3. The molecule has 0 bridgehead atoms. The summed E-state index contributed by atoms with van der Waals surface area (Å²) in [6.07, 6.45) is -1.45. The number of piperidine rings is 1. The normalized spacial score (nSPS) is 16.2. The molecule has 170 valence electrons. The van der Waals surface area contributed by atoms with Gasteiger partial charge in [-0.15, -0.1) is 12.4 Å². The molecule has 1 aliphatic rings. The molecular weight excluding hydrogens is 429 g/mol. The van der Waals surface area contributed by atoms with Gasteiger partial charge >= 0.3 is 12.1 Å². The molecule has 11 heteroatoms. The molecule has 0 aliphatic carbocycles. The number of nitrogens with one attached hydrogen (secondary N) is 2. The topological polar surface area (TPSA) is 85.9 Å². The summed E-state index contributed by atoms with van der Waals surface area (Å²) >= 11 is 0. The van der Waals surface area contributed by atoms with Crippen molar-refractivity contribution in [3.8, 4) is 11.5 Å². The first-order valence-electron chi connectivity index (χ1n) is 9.42. The molecule has 1 saturated heterocycles. The van der Waals surface area contributed by atoms with Crippen LogP contribution in [0.5, 0.6) is 11.5 Å². The van der Waals surface area contributed by atoms with Crippen LogP contribution in [0.15, 0.2) is 18.2 Å². The smallest absolute Gasteiger partial charge is 0.422 e. The maximum Gasteiger partial charge on any atom is 0.422 e. The number of carbonyl (C=O) groups excluding carboxylic acids is 2. The van der Waals surface area contributed by atoms with Crippen molar-refractivity contribution in [2.75, 3.05) is 32.9 Å². The Bertz CT molecular complexity index is 697. The van der Waals surface area contributed by atoms with Crippen molar-refractivity contribution in [1.82, 2.24) is 10.6 Å². The zero-order valence-electron chi connectivity index (χ0n) is 16.5. The van der Waals surface area contributed by atoms with Gasteiger partial charge in [0, 0.05) is 12.6 Å². The molecule has 0 radical (unpaired) electrons. The predicted octanol–water partition coefficient (Wildman–Crippen LogP) is 2.86. The van der Waals surface area contributed by atoms with Gasteiger partial charge in [0.15, 0.2) is 13.2 Å². The van der Waals surface area contributed by atoms with Crippen molar-refractivity contribution in [2.45, 2.75) is 38.4 Å². The third-order valence-corrected chi connectivity index (χ3v) is 4.17. The van der Waals surface area contributed by atoms with Gasteiger partial charge < -0.3 is 24.8 Å². The van der Waals surface area contributed by atoms with Crippen molar-refractivity contribution >= 4 is 24.3 Å². The number of rotatable bonds is 9. The first-order valence-corrected chi connectivity index (χ1v) is 9.42. The van der Waals surface area contributed by atoms with Gasteiger partial charge in [0.05, 0.1) is 12.2 Å². The van der Waals surface area contributed by atoms with E-state index in [1.54, 1.807) is 6.92 Å². The molecule has 1 aliphatic heterocycles. The lowest BCUT2D eigenvalue weighted by Gasteiger charge is -2.23. The van der Waals surface area contributed by atoms with E-state index in [1.807, 2.05) is 0 Å². The van der Waals surface area contributed by atoms with E-state index >= 15 is 0 Å². The lowest BCUT2D eigenvalue weighted by Crippen LogP contribution is -2.43. The van der Waals surface area contributed by atoms with Gasteiger partial charge in [-0.3, -0.25) is 4.79 Å². The molecule has 0 aromatic heterocycles. The van der Waals surface area contributed by atoms with Crippen LogP contribution in [0.4, 0.5) is 13.2 Å². The maximum absolute atomic E-state index is 12.6. The van der Waals surface area contributed by atoms with E-state index in [0.717, 1.165) is 31.9 Å². The van der Waals surface area contributed by atoms with Gasteiger partial charge in [-0.1, -0.05) is 6.42 Å². The highest BCUT2D eigenvalue weighted by Crippen LogP contribution is 2.26. The van der Waals surface area contributed by atoms with Crippen molar-refractivity contribution in [2.24, 2.45) is 0 Å². The van der Waals surface area contributed by atoms with E-state index in [4.69, 9.17) is 14.2 Å². The number of esters is 1. The van der Waals surface area contributed by atoms with Crippen molar-refractivity contribution in [3.63, 3.8) is 0 Å². The Kier molecular flexibility index (Phi) is 10.8. The lowest BCUT2D eigenvalue weighted by atomic mass is 10.0. The molecule has 1 aromatic rings. The van der Waals surface area contributed by atoms with Crippen LogP contribution in [0.25, 0.3) is 0 Å². The molecule has 1 aromatic carbocycles. The van der Waals surface area contributed by atoms with Crippen molar-refractivity contribution in [1.29, 1.82) is 0 Å². The predicted molar refractivity (Wildman–Crippen MR) is 105 cm³/mol. The number of halogens is 4. The number of carbonyl (C=O) groups is 2. The highest BCUT2D eigenvalue weighted by molar-refractivity contribution is 5.97. The first-order chi connectivity index (χ1) is 13.8. The zero-order chi connectivity index (χ0) is 21.3. The van der Waals surface area contributed by atoms with Gasteiger partial charge in [0.1, 0.15) is 11.5 Å². The Morgan fingerprint density at radius 1 is 1.23 bits per heavy atom. The van der Waals surface area contributed by atoms with Gasteiger partial charge in [-0.2, -0.15) is 13.2 Å². The fourth-order valence-corrected chi connectivity index (χ4v) is 2.82. The quantitative estimate of drug-likeness (QED) is 0.558. The minimum atomic E-state index is -4.51. The van der Waals surface area contributed by atoms with Gasteiger partial charge in [0.25, 0.3) is 5.91 Å². The molecule has 1 atom stereocenters. The zero-order valence-corrected chi connectivity index (χ0v) is 17.4. The fourth-order valence-electron chi connectivity index (χ4n) is 2.82. The van der Waals surface area contributed by atoms with E-state index < -0.39 is 31.3 Å². The summed E-state index contributed by atoms with van der Waals surface area (Å²) in [5.74, 6) is -1.24. The molecule has 1 fully saturated rings. The minimum absolute atomic E-state index is 0. The van der Waals surface area contributed by atoms with E-state index in [-0.39, 0.29) is 42.1 Å². The second-order valence-corrected chi connectivity index (χ2v) is 6.51. The summed E-state index contributed by atoms with van der Waals surface area (Å²) in [5, 5.41) is 6.03. The van der Waals surface area contributed by atoms with E-state index in [1.165, 1.54) is 12.1 Å². The van der Waals surface area contributed by atoms with Crippen molar-refractivity contribution in [3.05, 3.63) is 23.8 Å². The van der Waals surface area contributed by atoms with Gasteiger partial charge in [0.2, 0.25) is 0 Å². The first kappa shape index (κ1) is 25.8. The fraction of sp³-hybridized carbons (Fsp3) is 0.579.